The molecule has 0 aromatic carbocycles. The number of aliphatic hydroxyl groups is 1. The van der Waals surface area contributed by atoms with Crippen LogP contribution in [0.4, 0.5) is 0 Å². The lowest BCUT2D eigenvalue weighted by atomic mass is 9.98. The van der Waals surface area contributed by atoms with Crippen molar-refractivity contribution in [2.75, 3.05) is 0 Å². The maximum Gasteiger partial charge on any atom is 0.193 e. The minimum absolute atomic E-state index is 0.136. The Kier molecular flexibility index (Phi) is 3.27. The van der Waals surface area contributed by atoms with Gasteiger partial charge >= 0.3 is 0 Å². The van der Waals surface area contributed by atoms with Crippen LogP contribution in [0.2, 0.25) is 5.22 Å². The summed E-state index contributed by atoms with van der Waals surface area (Å²) < 4.78 is 5.18. The molecule has 0 spiro atoms. The molecular formula is C12H12ClNO2. The first-order chi connectivity index (χ1) is 7.68. The summed E-state index contributed by atoms with van der Waals surface area (Å²) in [6.07, 6.45) is 0.968. The highest BCUT2D eigenvalue weighted by atomic mass is 35.5. The van der Waals surface area contributed by atoms with Crippen LogP contribution in [0, 0.1) is 0 Å². The lowest BCUT2D eigenvalue weighted by molar-refractivity contribution is 0.124. The number of pyridine rings is 1. The van der Waals surface area contributed by atoms with E-state index in [1.54, 1.807) is 18.3 Å². The van der Waals surface area contributed by atoms with Crippen LogP contribution in [0.3, 0.4) is 0 Å². The normalized spacial score (nSPS) is 14.7. The molecule has 2 atom stereocenters. The van der Waals surface area contributed by atoms with Crippen LogP contribution < -0.4 is 0 Å². The topological polar surface area (TPSA) is 46.3 Å². The molecule has 0 radical (unpaired) electrons. The van der Waals surface area contributed by atoms with Gasteiger partial charge in [0.05, 0.1) is 0 Å². The third kappa shape index (κ3) is 2.26. The highest BCUT2D eigenvalue weighted by Crippen LogP contribution is 2.31. The van der Waals surface area contributed by atoms with Gasteiger partial charge in [-0.3, -0.25) is 4.98 Å². The summed E-state index contributed by atoms with van der Waals surface area (Å²) in [5.41, 5.74) is 0.822. The van der Waals surface area contributed by atoms with E-state index in [1.807, 2.05) is 25.1 Å². The van der Waals surface area contributed by atoms with Crippen LogP contribution in [0.5, 0.6) is 0 Å². The molecule has 0 bridgehead atoms. The molecule has 2 heterocycles. The average molecular weight is 238 g/mol. The molecule has 2 unspecified atom stereocenters. The number of aliphatic hydroxyl groups excluding tert-OH is 1. The number of halogens is 1. The fourth-order valence-electron chi connectivity index (χ4n) is 1.54. The maximum atomic E-state index is 10.1. The molecule has 84 valence electrons. The standard InChI is InChI=1S/C12H12ClNO2/c1-8(9-4-2-3-7-14-9)12(15)10-5-6-11(13)16-10/h2-8,12,15H,1H3. The molecule has 4 heteroatoms. The number of nitrogens with zero attached hydrogens (tertiary/aromatic N) is 1. The summed E-state index contributed by atoms with van der Waals surface area (Å²) in [4.78, 5) is 4.20. The van der Waals surface area contributed by atoms with Crippen LogP contribution in [0.15, 0.2) is 40.9 Å². The lowest BCUT2D eigenvalue weighted by Crippen LogP contribution is -2.08. The summed E-state index contributed by atoms with van der Waals surface area (Å²) >= 11 is 5.66. The van der Waals surface area contributed by atoms with Crippen molar-refractivity contribution in [2.24, 2.45) is 0 Å². The highest BCUT2D eigenvalue weighted by Gasteiger charge is 2.21. The van der Waals surface area contributed by atoms with Crippen molar-refractivity contribution in [2.45, 2.75) is 18.9 Å². The van der Waals surface area contributed by atoms with Crippen LogP contribution in [0.25, 0.3) is 0 Å². The van der Waals surface area contributed by atoms with Crippen molar-refractivity contribution >= 4 is 11.6 Å². The number of hydrogen-bond donors (Lipinski definition) is 1. The van der Waals surface area contributed by atoms with E-state index < -0.39 is 6.10 Å². The zero-order valence-electron chi connectivity index (χ0n) is 8.80. The fraction of sp³-hybridized carbons (Fsp3) is 0.250. The first-order valence-corrected chi connectivity index (χ1v) is 5.40. The van der Waals surface area contributed by atoms with Gasteiger partial charge < -0.3 is 9.52 Å². The predicted molar refractivity (Wildman–Crippen MR) is 61.3 cm³/mol. The first-order valence-electron chi connectivity index (χ1n) is 5.02. The average Bonchev–Trinajstić information content (AvgIpc) is 2.75. The van der Waals surface area contributed by atoms with E-state index in [2.05, 4.69) is 4.98 Å². The molecule has 0 amide bonds. The zero-order chi connectivity index (χ0) is 11.5. The summed E-state index contributed by atoms with van der Waals surface area (Å²) in [7, 11) is 0. The smallest absolute Gasteiger partial charge is 0.193 e. The van der Waals surface area contributed by atoms with E-state index in [9.17, 15) is 5.11 Å². The van der Waals surface area contributed by atoms with Gasteiger partial charge in [0, 0.05) is 17.8 Å². The molecule has 2 aromatic rings. The molecular weight excluding hydrogens is 226 g/mol. The van der Waals surface area contributed by atoms with E-state index in [1.165, 1.54) is 0 Å². The molecule has 0 saturated heterocycles. The number of hydrogen-bond acceptors (Lipinski definition) is 3. The van der Waals surface area contributed by atoms with E-state index in [0.29, 0.717) is 5.76 Å². The van der Waals surface area contributed by atoms with Crippen LogP contribution >= 0.6 is 11.6 Å². The minimum atomic E-state index is -0.734. The largest absolute Gasteiger partial charge is 0.447 e. The van der Waals surface area contributed by atoms with Gasteiger partial charge in [0.25, 0.3) is 0 Å². The molecule has 3 nitrogen and oxygen atoms in total. The van der Waals surface area contributed by atoms with E-state index >= 15 is 0 Å². The number of furan rings is 1. The zero-order valence-corrected chi connectivity index (χ0v) is 9.56. The van der Waals surface area contributed by atoms with Gasteiger partial charge in [0.1, 0.15) is 11.9 Å². The van der Waals surface area contributed by atoms with Crippen LogP contribution in [-0.2, 0) is 0 Å². The number of rotatable bonds is 3. The molecule has 2 aromatic heterocycles. The maximum absolute atomic E-state index is 10.1. The van der Waals surface area contributed by atoms with Gasteiger partial charge in [-0.25, -0.2) is 0 Å². The van der Waals surface area contributed by atoms with E-state index in [-0.39, 0.29) is 11.1 Å². The van der Waals surface area contributed by atoms with Gasteiger partial charge in [-0.05, 0) is 35.9 Å². The van der Waals surface area contributed by atoms with Crippen molar-refractivity contribution in [1.29, 1.82) is 0 Å². The van der Waals surface area contributed by atoms with E-state index in [0.717, 1.165) is 5.69 Å². The highest BCUT2D eigenvalue weighted by molar-refractivity contribution is 6.28. The van der Waals surface area contributed by atoms with Crippen molar-refractivity contribution in [3.63, 3.8) is 0 Å². The van der Waals surface area contributed by atoms with Gasteiger partial charge in [-0.15, -0.1) is 0 Å². The van der Waals surface area contributed by atoms with Gasteiger partial charge in [0.2, 0.25) is 0 Å². The quantitative estimate of drug-likeness (QED) is 0.892. The van der Waals surface area contributed by atoms with Gasteiger partial charge in [-0.1, -0.05) is 13.0 Å². The van der Waals surface area contributed by atoms with Gasteiger partial charge in [0.15, 0.2) is 5.22 Å². The van der Waals surface area contributed by atoms with E-state index in [4.69, 9.17) is 16.0 Å². The second-order valence-corrected chi connectivity index (χ2v) is 4.00. The third-order valence-corrected chi connectivity index (χ3v) is 2.72. The Balaban J connectivity index is 2.19. The molecule has 2 rings (SSSR count). The Morgan fingerprint density at radius 2 is 2.12 bits per heavy atom. The first kappa shape index (κ1) is 11.2. The second kappa shape index (κ2) is 4.68. The predicted octanol–water partition coefficient (Wildman–Crippen LogP) is 3.17. The number of aromatic nitrogens is 1. The summed E-state index contributed by atoms with van der Waals surface area (Å²) in [6, 6.07) is 8.89. The Labute approximate surface area is 98.7 Å². The minimum Gasteiger partial charge on any atom is -0.447 e. The Bertz CT molecular complexity index is 455. The van der Waals surface area contributed by atoms with Crippen molar-refractivity contribution in [3.05, 3.63) is 53.2 Å². The van der Waals surface area contributed by atoms with Crippen molar-refractivity contribution in [1.82, 2.24) is 4.98 Å². The summed E-state index contributed by atoms with van der Waals surface area (Å²) in [6.45, 7) is 1.89. The molecule has 1 N–H and O–H groups in total. The lowest BCUT2D eigenvalue weighted by Gasteiger charge is -2.15. The SMILES string of the molecule is CC(c1ccccn1)C(O)c1ccc(Cl)o1. The summed E-state index contributed by atoms with van der Waals surface area (Å²) in [5, 5.41) is 10.3. The van der Waals surface area contributed by atoms with Gasteiger partial charge in [-0.2, -0.15) is 0 Å². The van der Waals surface area contributed by atoms with Crippen molar-refractivity contribution < 1.29 is 9.52 Å². The molecule has 16 heavy (non-hydrogen) atoms. The van der Waals surface area contributed by atoms with Crippen LogP contribution in [-0.4, -0.2) is 10.1 Å². The van der Waals surface area contributed by atoms with Crippen LogP contribution in [0.1, 0.15) is 30.4 Å². The Hall–Kier alpha value is -1.32. The fourth-order valence-corrected chi connectivity index (χ4v) is 1.69. The Morgan fingerprint density at radius 3 is 2.69 bits per heavy atom. The Morgan fingerprint density at radius 1 is 1.31 bits per heavy atom. The molecule has 0 aliphatic heterocycles. The second-order valence-electron chi connectivity index (χ2n) is 3.63. The molecule has 0 aliphatic carbocycles. The molecule has 0 fully saturated rings. The molecule has 0 aliphatic rings. The summed E-state index contributed by atoms with van der Waals surface area (Å²) in [5.74, 6) is 0.326. The van der Waals surface area contributed by atoms with Crippen molar-refractivity contribution in [3.8, 4) is 0 Å². The molecule has 0 saturated carbocycles. The monoisotopic (exact) mass is 237 g/mol. The third-order valence-electron chi connectivity index (χ3n) is 2.51.